The number of aliphatic hydroxyl groups is 1. The van der Waals surface area contributed by atoms with Crippen molar-refractivity contribution < 1.29 is 27.6 Å². The zero-order valence-corrected chi connectivity index (χ0v) is 13.6. The van der Waals surface area contributed by atoms with Crippen LogP contribution >= 0.6 is 0 Å². The molecule has 0 aromatic carbocycles. The van der Waals surface area contributed by atoms with Crippen molar-refractivity contribution in [1.82, 2.24) is 4.72 Å². The number of alkyl halides is 3. The second-order valence-corrected chi connectivity index (χ2v) is 7.46. The van der Waals surface area contributed by atoms with Crippen LogP contribution in [0.15, 0.2) is 23.7 Å². The SMILES string of the molecule is C/C=C\C(O)=C(/CC(C)N[S+]([O-])C(C)(C)C)OC(F)(F)F. The molecule has 4 nitrogen and oxygen atoms in total. The summed E-state index contributed by atoms with van der Waals surface area (Å²) in [6.07, 6.45) is -2.65. The summed E-state index contributed by atoms with van der Waals surface area (Å²) in [7, 11) is 0. The Hall–Kier alpha value is -0.860. The third-order valence-corrected chi connectivity index (χ3v) is 3.93. The average Bonchev–Trinajstić information content (AvgIpc) is 2.25. The summed E-state index contributed by atoms with van der Waals surface area (Å²) in [6, 6.07) is -0.574. The number of ether oxygens (including phenoxy) is 1. The molecular formula is C13H22F3NO3S. The standard InChI is InChI=1S/C13H22F3NO3S/c1-6-7-10(18)11(20-13(14,15)16)8-9(2)17-21(19)12(3,4)5/h6-7,9,17-18H,8H2,1-5H3/b7-6-,11-10-. The molecule has 21 heavy (non-hydrogen) atoms. The molecule has 2 atom stereocenters. The molecule has 0 spiro atoms. The zero-order chi connectivity index (χ0) is 16.8. The van der Waals surface area contributed by atoms with E-state index in [0.717, 1.165) is 6.08 Å². The number of hydrogen-bond acceptors (Lipinski definition) is 4. The molecule has 0 saturated carbocycles. The topological polar surface area (TPSA) is 64.5 Å². The molecule has 0 aliphatic rings. The fraction of sp³-hybridized carbons (Fsp3) is 0.692. The molecule has 0 bridgehead atoms. The van der Waals surface area contributed by atoms with Crippen molar-refractivity contribution >= 4 is 11.4 Å². The van der Waals surface area contributed by atoms with Crippen LogP contribution in [-0.4, -0.2) is 26.8 Å². The second-order valence-electron chi connectivity index (χ2n) is 5.46. The average molecular weight is 329 g/mol. The van der Waals surface area contributed by atoms with Crippen LogP contribution in [0.1, 0.15) is 41.0 Å². The number of nitrogens with one attached hydrogen (secondary N) is 1. The number of hydrogen-bond donors (Lipinski definition) is 2. The maximum Gasteiger partial charge on any atom is 0.572 e. The van der Waals surface area contributed by atoms with Gasteiger partial charge in [0.1, 0.15) is 10.5 Å². The van der Waals surface area contributed by atoms with Crippen molar-refractivity contribution in [3.05, 3.63) is 23.7 Å². The summed E-state index contributed by atoms with van der Waals surface area (Å²) in [5.41, 5.74) is 0. The van der Waals surface area contributed by atoms with E-state index in [4.69, 9.17) is 0 Å². The first-order valence-corrected chi connectivity index (χ1v) is 7.50. The summed E-state index contributed by atoms with van der Waals surface area (Å²) < 4.78 is 54.9. The van der Waals surface area contributed by atoms with E-state index in [1.54, 1.807) is 34.6 Å². The molecule has 0 heterocycles. The van der Waals surface area contributed by atoms with Crippen LogP contribution in [0.3, 0.4) is 0 Å². The molecule has 0 radical (unpaired) electrons. The molecular weight excluding hydrogens is 307 g/mol. The minimum Gasteiger partial charge on any atom is -0.598 e. The van der Waals surface area contributed by atoms with Crippen LogP contribution in [0.2, 0.25) is 0 Å². The van der Waals surface area contributed by atoms with E-state index in [-0.39, 0.29) is 6.42 Å². The Balaban J connectivity index is 4.95. The fourth-order valence-corrected chi connectivity index (χ4v) is 2.07. The molecule has 0 saturated heterocycles. The largest absolute Gasteiger partial charge is 0.598 e. The lowest BCUT2D eigenvalue weighted by atomic mass is 10.2. The fourth-order valence-electron chi connectivity index (χ4n) is 1.27. The third-order valence-electron chi connectivity index (χ3n) is 2.21. The van der Waals surface area contributed by atoms with Crippen LogP contribution < -0.4 is 4.72 Å². The Morgan fingerprint density at radius 2 is 1.90 bits per heavy atom. The monoisotopic (exact) mass is 329 g/mol. The zero-order valence-electron chi connectivity index (χ0n) is 12.7. The van der Waals surface area contributed by atoms with E-state index in [1.807, 2.05) is 0 Å². The maximum absolute atomic E-state index is 12.3. The van der Waals surface area contributed by atoms with Crippen LogP contribution in [0.25, 0.3) is 0 Å². The molecule has 124 valence electrons. The first-order chi connectivity index (χ1) is 9.36. The van der Waals surface area contributed by atoms with Gasteiger partial charge < -0.3 is 14.4 Å². The van der Waals surface area contributed by atoms with Gasteiger partial charge >= 0.3 is 6.36 Å². The number of rotatable bonds is 6. The van der Waals surface area contributed by atoms with Gasteiger partial charge in [-0.25, -0.2) is 0 Å². The van der Waals surface area contributed by atoms with Gasteiger partial charge in [-0.1, -0.05) is 6.08 Å². The van der Waals surface area contributed by atoms with Crippen molar-refractivity contribution in [2.24, 2.45) is 0 Å². The van der Waals surface area contributed by atoms with Gasteiger partial charge in [-0.15, -0.1) is 17.9 Å². The summed E-state index contributed by atoms with van der Waals surface area (Å²) in [4.78, 5) is 0. The smallest absolute Gasteiger partial charge is 0.572 e. The van der Waals surface area contributed by atoms with E-state index >= 15 is 0 Å². The molecule has 0 fully saturated rings. The predicted octanol–water partition coefficient (Wildman–Crippen LogP) is 3.70. The van der Waals surface area contributed by atoms with Crippen molar-refractivity contribution in [3.63, 3.8) is 0 Å². The minimum absolute atomic E-state index is 0.252. The number of halogens is 3. The van der Waals surface area contributed by atoms with Gasteiger partial charge in [0.15, 0.2) is 5.76 Å². The Morgan fingerprint density at radius 1 is 1.38 bits per heavy atom. The molecule has 0 aromatic heterocycles. The third kappa shape index (κ3) is 8.90. The van der Waals surface area contributed by atoms with Crippen LogP contribution in [0.4, 0.5) is 13.2 Å². The normalized spacial score (nSPS) is 17.6. The lowest BCUT2D eigenvalue weighted by molar-refractivity contribution is -0.307. The van der Waals surface area contributed by atoms with Crippen molar-refractivity contribution in [2.45, 2.75) is 58.2 Å². The van der Waals surface area contributed by atoms with Gasteiger partial charge in [-0.2, -0.15) is 0 Å². The maximum atomic E-state index is 12.3. The highest BCUT2D eigenvalue weighted by Gasteiger charge is 2.35. The first-order valence-electron chi connectivity index (χ1n) is 6.35. The molecule has 0 rings (SSSR count). The van der Waals surface area contributed by atoms with Crippen molar-refractivity contribution in [3.8, 4) is 0 Å². The summed E-state index contributed by atoms with van der Waals surface area (Å²) in [5.74, 6) is -1.23. The Labute approximate surface area is 126 Å². The van der Waals surface area contributed by atoms with E-state index in [2.05, 4.69) is 9.46 Å². The molecule has 0 aliphatic heterocycles. The quantitative estimate of drug-likeness (QED) is 0.443. The van der Waals surface area contributed by atoms with Gasteiger partial charge in [0.05, 0.1) is 6.04 Å². The van der Waals surface area contributed by atoms with Crippen molar-refractivity contribution in [2.75, 3.05) is 0 Å². The summed E-state index contributed by atoms with van der Waals surface area (Å²) >= 11 is -1.43. The molecule has 8 heteroatoms. The van der Waals surface area contributed by atoms with Crippen LogP contribution in [-0.2, 0) is 16.1 Å². The summed E-state index contributed by atoms with van der Waals surface area (Å²) in [6.45, 7) is 8.33. The highest BCUT2D eigenvalue weighted by Crippen LogP contribution is 2.26. The van der Waals surface area contributed by atoms with Gasteiger partial charge in [0.2, 0.25) is 0 Å². The molecule has 2 unspecified atom stereocenters. The molecule has 0 aromatic rings. The Morgan fingerprint density at radius 3 is 2.29 bits per heavy atom. The molecule has 2 N–H and O–H groups in total. The van der Waals surface area contributed by atoms with Gasteiger partial charge in [0.25, 0.3) is 0 Å². The van der Waals surface area contributed by atoms with Crippen LogP contribution in [0, 0.1) is 0 Å². The number of aliphatic hydroxyl groups excluding tert-OH is 1. The first kappa shape index (κ1) is 20.1. The highest BCUT2D eigenvalue weighted by molar-refractivity contribution is 7.90. The summed E-state index contributed by atoms with van der Waals surface area (Å²) in [5, 5.41) is 9.58. The Bertz CT molecular complexity index is 389. The second kappa shape index (κ2) is 7.95. The Kier molecular flexibility index (Phi) is 7.63. The van der Waals surface area contributed by atoms with Gasteiger partial charge in [0, 0.05) is 17.8 Å². The lowest BCUT2D eigenvalue weighted by Crippen LogP contribution is -2.44. The van der Waals surface area contributed by atoms with E-state index in [9.17, 15) is 22.8 Å². The van der Waals surface area contributed by atoms with Gasteiger partial charge in [-0.05, 0) is 40.7 Å². The minimum atomic E-state index is -4.90. The highest BCUT2D eigenvalue weighted by atomic mass is 32.2. The molecule has 0 aliphatic carbocycles. The van der Waals surface area contributed by atoms with Crippen molar-refractivity contribution in [1.29, 1.82) is 0 Å². The van der Waals surface area contributed by atoms with E-state index < -0.39 is 40.0 Å². The number of allylic oxidation sites excluding steroid dienone is 2. The lowest BCUT2D eigenvalue weighted by Gasteiger charge is -2.27. The van der Waals surface area contributed by atoms with Crippen LogP contribution in [0.5, 0.6) is 0 Å². The molecule has 0 amide bonds. The van der Waals surface area contributed by atoms with E-state index in [1.165, 1.54) is 6.08 Å². The van der Waals surface area contributed by atoms with E-state index in [0.29, 0.717) is 0 Å². The predicted molar refractivity (Wildman–Crippen MR) is 76.7 cm³/mol. The van der Waals surface area contributed by atoms with Gasteiger partial charge in [-0.3, -0.25) is 0 Å².